The molecule has 1 aliphatic rings. The zero-order valence-electron chi connectivity index (χ0n) is 16.0. The normalized spacial score (nSPS) is 14.0. The second-order valence-corrected chi connectivity index (χ2v) is 6.55. The number of rotatable bonds is 5. The van der Waals surface area contributed by atoms with Crippen molar-refractivity contribution in [1.29, 1.82) is 0 Å². The van der Waals surface area contributed by atoms with Gasteiger partial charge in [-0.25, -0.2) is 15.0 Å². The molecule has 4 heterocycles. The molecule has 0 saturated carbocycles. The van der Waals surface area contributed by atoms with Crippen LogP contribution >= 0.6 is 0 Å². The van der Waals surface area contributed by atoms with Gasteiger partial charge in [-0.15, -0.1) is 0 Å². The van der Waals surface area contributed by atoms with E-state index in [1.807, 2.05) is 6.07 Å². The van der Waals surface area contributed by atoms with Crippen molar-refractivity contribution in [2.75, 3.05) is 38.3 Å². The van der Waals surface area contributed by atoms with Crippen molar-refractivity contribution in [2.24, 2.45) is 0 Å². The maximum atomic E-state index is 12.5. The highest BCUT2D eigenvalue weighted by atomic mass is 16.5. The molecule has 0 aromatic carbocycles. The number of carbonyl (C=O) groups excluding carboxylic acids is 1. The quantitative estimate of drug-likeness (QED) is 0.669. The highest BCUT2D eigenvalue weighted by Gasteiger charge is 2.18. The summed E-state index contributed by atoms with van der Waals surface area (Å²) in [5.41, 5.74) is 1.29. The average Bonchev–Trinajstić information content (AvgIpc) is 2.78. The molecule has 0 spiro atoms. The summed E-state index contributed by atoms with van der Waals surface area (Å²) < 4.78 is 10.4. The second kappa shape index (κ2) is 8.27. The van der Waals surface area contributed by atoms with Gasteiger partial charge in [0.2, 0.25) is 5.88 Å². The minimum atomic E-state index is -0.475. The van der Waals surface area contributed by atoms with E-state index in [0.29, 0.717) is 30.0 Å². The van der Waals surface area contributed by atoms with Gasteiger partial charge in [-0.1, -0.05) is 6.07 Å². The maximum absolute atomic E-state index is 12.5. The van der Waals surface area contributed by atoms with Crippen LogP contribution in [0.25, 0.3) is 10.9 Å². The molecule has 0 bridgehead atoms. The van der Waals surface area contributed by atoms with Crippen molar-refractivity contribution in [1.82, 2.24) is 20.3 Å². The van der Waals surface area contributed by atoms with Gasteiger partial charge in [-0.2, -0.15) is 0 Å². The summed E-state index contributed by atoms with van der Waals surface area (Å²) in [6, 6.07) is 7.11. The summed E-state index contributed by atoms with van der Waals surface area (Å²) >= 11 is 0. The van der Waals surface area contributed by atoms with Crippen LogP contribution in [0.4, 0.5) is 5.82 Å². The van der Waals surface area contributed by atoms with Gasteiger partial charge in [0.05, 0.1) is 32.0 Å². The van der Waals surface area contributed by atoms with Gasteiger partial charge in [-0.05, 0) is 17.7 Å². The van der Waals surface area contributed by atoms with Crippen LogP contribution in [0.1, 0.15) is 16.1 Å². The van der Waals surface area contributed by atoms with Crippen molar-refractivity contribution in [3.8, 4) is 11.6 Å². The molecule has 0 atom stereocenters. The zero-order valence-corrected chi connectivity index (χ0v) is 16.0. The highest BCUT2D eigenvalue weighted by molar-refractivity contribution is 6.00. The molecule has 1 fully saturated rings. The predicted octanol–water partition coefficient (Wildman–Crippen LogP) is 1.51. The van der Waals surface area contributed by atoms with Crippen molar-refractivity contribution in [3.63, 3.8) is 0 Å². The van der Waals surface area contributed by atoms with E-state index in [4.69, 9.17) is 9.47 Å². The summed E-state index contributed by atoms with van der Waals surface area (Å²) in [6.07, 6.45) is 3.12. The third-order valence-electron chi connectivity index (χ3n) is 4.72. The number of anilines is 1. The minimum Gasteiger partial charge on any atom is -0.505 e. The number of ether oxygens (including phenoxy) is 2. The number of hydrogen-bond acceptors (Lipinski definition) is 8. The van der Waals surface area contributed by atoms with E-state index in [2.05, 4.69) is 25.2 Å². The molecule has 0 unspecified atom stereocenters. The van der Waals surface area contributed by atoms with E-state index in [1.165, 1.54) is 13.3 Å². The maximum Gasteiger partial charge on any atom is 0.274 e. The Balaban J connectivity index is 1.50. The second-order valence-electron chi connectivity index (χ2n) is 6.55. The summed E-state index contributed by atoms with van der Waals surface area (Å²) in [4.78, 5) is 27.4. The Morgan fingerprint density at radius 1 is 1.21 bits per heavy atom. The van der Waals surface area contributed by atoms with E-state index < -0.39 is 5.91 Å². The standard InChI is InChI=1S/C20H21N5O4/c1-28-17-5-2-13(10-21-17)11-23-20(27)18-19(26)14-3-4-16(24-15(14)12-22-18)25-6-8-29-9-7-25/h2-5,10,12,26H,6-9,11H2,1H3,(H,23,27). The summed E-state index contributed by atoms with van der Waals surface area (Å²) in [5, 5.41) is 13.8. The van der Waals surface area contributed by atoms with E-state index in [1.54, 1.807) is 24.4 Å². The first-order chi connectivity index (χ1) is 14.2. The van der Waals surface area contributed by atoms with Crippen molar-refractivity contribution in [3.05, 3.63) is 47.9 Å². The SMILES string of the molecule is COc1ccc(CNC(=O)c2ncc3nc(N4CCOCC4)ccc3c2O)cn1. The number of nitrogens with zero attached hydrogens (tertiary/aromatic N) is 4. The number of carbonyl (C=O) groups is 1. The first kappa shape index (κ1) is 18.9. The summed E-state index contributed by atoms with van der Waals surface area (Å²) in [5.74, 6) is 0.635. The van der Waals surface area contributed by atoms with Gasteiger partial charge in [0.1, 0.15) is 5.82 Å². The molecule has 9 heteroatoms. The minimum absolute atomic E-state index is 0.0418. The molecule has 0 aliphatic carbocycles. The Kier molecular flexibility index (Phi) is 5.39. The zero-order chi connectivity index (χ0) is 20.2. The van der Waals surface area contributed by atoms with E-state index in [9.17, 15) is 9.90 Å². The van der Waals surface area contributed by atoms with Crippen molar-refractivity contribution in [2.45, 2.75) is 6.54 Å². The van der Waals surface area contributed by atoms with Crippen LogP contribution in [0, 0.1) is 0 Å². The summed E-state index contributed by atoms with van der Waals surface area (Å²) in [7, 11) is 1.54. The Hall–Kier alpha value is -3.46. The average molecular weight is 395 g/mol. The molecular formula is C20H21N5O4. The number of morpholine rings is 1. The lowest BCUT2D eigenvalue weighted by Gasteiger charge is -2.27. The lowest BCUT2D eigenvalue weighted by Crippen LogP contribution is -2.36. The van der Waals surface area contributed by atoms with Gasteiger partial charge in [0, 0.05) is 37.3 Å². The Bertz CT molecular complexity index is 1020. The van der Waals surface area contributed by atoms with Crippen LogP contribution in [0.5, 0.6) is 11.6 Å². The number of aromatic hydroxyl groups is 1. The molecule has 0 radical (unpaired) electrons. The largest absolute Gasteiger partial charge is 0.505 e. The molecule has 29 heavy (non-hydrogen) atoms. The molecular weight excluding hydrogens is 374 g/mol. The van der Waals surface area contributed by atoms with Crippen molar-refractivity contribution < 1.29 is 19.4 Å². The number of aromatic nitrogens is 3. The predicted molar refractivity (Wildman–Crippen MR) is 106 cm³/mol. The topological polar surface area (TPSA) is 110 Å². The van der Waals surface area contributed by atoms with Gasteiger partial charge < -0.3 is 24.8 Å². The van der Waals surface area contributed by atoms with Crippen LogP contribution in [0.15, 0.2) is 36.7 Å². The van der Waals surface area contributed by atoms with E-state index in [0.717, 1.165) is 24.5 Å². The van der Waals surface area contributed by atoms with Crippen molar-refractivity contribution >= 4 is 22.6 Å². The van der Waals surface area contributed by atoms with Gasteiger partial charge in [0.15, 0.2) is 11.4 Å². The first-order valence-corrected chi connectivity index (χ1v) is 9.24. The third-order valence-corrected chi connectivity index (χ3v) is 4.72. The Labute approximate surface area is 167 Å². The fraction of sp³-hybridized carbons (Fsp3) is 0.300. The van der Waals surface area contributed by atoms with Crippen LogP contribution < -0.4 is 15.0 Å². The monoisotopic (exact) mass is 395 g/mol. The lowest BCUT2D eigenvalue weighted by atomic mass is 10.2. The molecule has 3 aromatic rings. The molecule has 1 saturated heterocycles. The smallest absolute Gasteiger partial charge is 0.274 e. The lowest BCUT2D eigenvalue weighted by molar-refractivity contribution is 0.0943. The molecule has 9 nitrogen and oxygen atoms in total. The Morgan fingerprint density at radius 3 is 2.76 bits per heavy atom. The van der Waals surface area contributed by atoms with Crippen LogP contribution in [0.3, 0.4) is 0 Å². The summed E-state index contributed by atoms with van der Waals surface area (Å²) in [6.45, 7) is 3.10. The fourth-order valence-corrected chi connectivity index (χ4v) is 3.11. The number of amides is 1. The van der Waals surface area contributed by atoms with Crippen LogP contribution in [-0.4, -0.2) is 59.4 Å². The fourth-order valence-electron chi connectivity index (χ4n) is 3.11. The number of methoxy groups -OCH3 is 1. The van der Waals surface area contributed by atoms with E-state index >= 15 is 0 Å². The highest BCUT2D eigenvalue weighted by Crippen LogP contribution is 2.28. The van der Waals surface area contributed by atoms with E-state index in [-0.39, 0.29) is 18.0 Å². The number of fused-ring (bicyclic) bond motifs is 1. The van der Waals surface area contributed by atoms with Crippen LogP contribution in [0.2, 0.25) is 0 Å². The molecule has 1 aliphatic heterocycles. The molecule has 150 valence electrons. The molecule has 4 rings (SSSR count). The van der Waals surface area contributed by atoms with Gasteiger partial charge >= 0.3 is 0 Å². The van der Waals surface area contributed by atoms with Gasteiger partial charge in [-0.3, -0.25) is 4.79 Å². The molecule has 3 aromatic heterocycles. The number of hydrogen-bond donors (Lipinski definition) is 2. The molecule has 1 amide bonds. The third kappa shape index (κ3) is 4.04. The number of pyridine rings is 3. The van der Waals surface area contributed by atoms with Crippen LogP contribution in [-0.2, 0) is 11.3 Å². The Morgan fingerprint density at radius 2 is 2.03 bits per heavy atom. The molecule has 2 N–H and O–H groups in total. The van der Waals surface area contributed by atoms with Gasteiger partial charge in [0.25, 0.3) is 5.91 Å². The first-order valence-electron chi connectivity index (χ1n) is 9.24. The number of nitrogens with one attached hydrogen (secondary N) is 1.